The number of rotatable bonds is 4. The van der Waals surface area contributed by atoms with Crippen LogP contribution in [0.25, 0.3) is 0 Å². The first-order chi connectivity index (χ1) is 9.90. The second-order valence-electron chi connectivity index (χ2n) is 6.62. The molecule has 1 atom stereocenters. The number of benzene rings is 2. The fourth-order valence-corrected chi connectivity index (χ4v) is 2.30. The van der Waals surface area contributed by atoms with Crippen LogP contribution in [-0.2, 0) is 5.41 Å². The van der Waals surface area contributed by atoms with Crippen LogP contribution in [0.15, 0.2) is 48.5 Å². The Morgan fingerprint density at radius 2 is 1.52 bits per heavy atom. The van der Waals surface area contributed by atoms with Crippen molar-refractivity contribution in [2.75, 3.05) is 11.9 Å². The fraction of sp³-hybridized carbons (Fsp3) is 0.368. The van der Waals surface area contributed by atoms with Crippen molar-refractivity contribution >= 4 is 5.69 Å². The highest BCUT2D eigenvalue weighted by molar-refractivity contribution is 5.47. The summed E-state index contributed by atoms with van der Waals surface area (Å²) in [6.07, 6.45) is 0. The van der Waals surface area contributed by atoms with Gasteiger partial charge in [-0.1, -0.05) is 62.7 Å². The maximum Gasteiger partial charge on any atom is 0.0745 e. The monoisotopic (exact) mass is 283 g/mol. The van der Waals surface area contributed by atoms with Crippen LogP contribution in [0.4, 0.5) is 5.69 Å². The largest absolute Gasteiger partial charge is 0.394 e. The molecule has 2 aromatic carbocycles. The summed E-state index contributed by atoms with van der Waals surface area (Å²) in [4.78, 5) is 0. The van der Waals surface area contributed by atoms with E-state index in [9.17, 15) is 5.11 Å². The van der Waals surface area contributed by atoms with E-state index in [1.54, 1.807) is 0 Å². The number of hydrogen-bond acceptors (Lipinski definition) is 2. The molecular weight excluding hydrogens is 258 g/mol. The number of aliphatic hydroxyl groups excluding tert-OH is 1. The van der Waals surface area contributed by atoms with E-state index in [4.69, 9.17) is 0 Å². The van der Waals surface area contributed by atoms with E-state index in [1.165, 1.54) is 11.1 Å². The molecule has 0 saturated carbocycles. The fourth-order valence-electron chi connectivity index (χ4n) is 2.30. The van der Waals surface area contributed by atoms with Gasteiger partial charge in [-0.2, -0.15) is 0 Å². The number of aliphatic hydroxyl groups is 1. The van der Waals surface area contributed by atoms with E-state index in [1.807, 2.05) is 12.1 Å². The quantitative estimate of drug-likeness (QED) is 0.869. The first-order valence-electron chi connectivity index (χ1n) is 7.44. The minimum atomic E-state index is -0.0817. The molecule has 0 spiro atoms. The summed E-state index contributed by atoms with van der Waals surface area (Å²) in [6, 6.07) is 16.6. The smallest absolute Gasteiger partial charge is 0.0745 e. The van der Waals surface area contributed by atoms with Gasteiger partial charge in [0.2, 0.25) is 0 Å². The molecule has 0 radical (unpaired) electrons. The predicted octanol–water partition coefficient (Wildman–Crippen LogP) is 4.44. The van der Waals surface area contributed by atoms with Gasteiger partial charge in [-0.05, 0) is 35.6 Å². The first kappa shape index (κ1) is 15.6. The van der Waals surface area contributed by atoms with Gasteiger partial charge in [0.1, 0.15) is 0 Å². The van der Waals surface area contributed by atoms with Gasteiger partial charge in [-0.3, -0.25) is 0 Å². The van der Waals surface area contributed by atoms with Gasteiger partial charge in [0.25, 0.3) is 0 Å². The first-order valence-corrected chi connectivity index (χ1v) is 7.44. The van der Waals surface area contributed by atoms with E-state index in [0.29, 0.717) is 0 Å². The molecule has 2 heteroatoms. The van der Waals surface area contributed by atoms with Crippen molar-refractivity contribution in [1.29, 1.82) is 0 Å². The molecule has 0 amide bonds. The van der Waals surface area contributed by atoms with E-state index in [2.05, 4.69) is 69.4 Å². The minimum absolute atomic E-state index is 0.0722. The lowest BCUT2D eigenvalue weighted by Gasteiger charge is -2.22. The lowest BCUT2D eigenvalue weighted by Crippen LogP contribution is -2.16. The van der Waals surface area contributed by atoms with Crippen molar-refractivity contribution in [3.05, 3.63) is 65.2 Å². The SMILES string of the molecule is Cc1ccc(NC(CO)c2ccc(C(C)(C)C)cc2)cc1. The van der Waals surface area contributed by atoms with Crippen LogP contribution in [0.5, 0.6) is 0 Å². The molecule has 2 nitrogen and oxygen atoms in total. The molecule has 1 unspecified atom stereocenters. The van der Waals surface area contributed by atoms with Crippen LogP contribution in [0, 0.1) is 6.92 Å². The average Bonchev–Trinajstić information content (AvgIpc) is 2.46. The molecule has 0 bridgehead atoms. The summed E-state index contributed by atoms with van der Waals surface area (Å²) in [5.74, 6) is 0. The highest BCUT2D eigenvalue weighted by Crippen LogP contribution is 2.25. The third-order valence-electron chi connectivity index (χ3n) is 3.75. The summed E-state index contributed by atoms with van der Waals surface area (Å²) < 4.78 is 0. The summed E-state index contributed by atoms with van der Waals surface area (Å²) in [5.41, 5.74) is 4.82. The Balaban J connectivity index is 2.15. The molecule has 0 aromatic heterocycles. The molecule has 2 N–H and O–H groups in total. The van der Waals surface area contributed by atoms with Crippen molar-refractivity contribution in [1.82, 2.24) is 0 Å². The molecule has 0 aliphatic carbocycles. The highest BCUT2D eigenvalue weighted by atomic mass is 16.3. The molecule has 0 aliphatic heterocycles. The lowest BCUT2D eigenvalue weighted by atomic mass is 9.86. The van der Waals surface area contributed by atoms with Gasteiger partial charge in [-0.25, -0.2) is 0 Å². The predicted molar refractivity (Wildman–Crippen MR) is 89.8 cm³/mol. The minimum Gasteiger partial charge on any atom is -0.394 e. The summed E-state index contributed by atoms with van der Waals surface area (Å²) in [5, 5.41) is 13.0. The number of hydrogen-bond donors (Lipinski definition) is 2. The van der Waals surface area contributed by atoms with Gasteiger partial charge >= 0.3 is 0 Å². The van der Waals surface area contributed by atoms with E-state index in [0.717, 1.165) is 11.3 Å². The molecule has 0 fully saturated rings. The van der Waals surface area contributed by atoms with Gasteiger partial charge in [-0.15, -0.1) is 0 Å². The topological polar surface area (TPSA) is 32.3 Å². The Morgan fingerprint density at radius 1 is 0.952 bits per heavy atom. The Kier molecular flexibility index (Phi) is 4.69. The lowest BCUT2D eigenvalue weighted by molar-refractivity contribution is 0.276. The zero-order valence-electron chi connectivity index (χ0n) is 13.4. The summed E-state index contributed by atoms with van der Waals surface area (Å²) in [6.45, 7) is 8.75. The van der Waals surface area contributed by atoms with Gasteiger partial charge in [0, 0.05) is 5.69 Å². The Bertz CT molecular complexity index is 564. The summed E-state index contributed by atoms with van der Waals surface area (Å²) in [7, 11) is 0. The van der Waals surface area contributed by atoms with Crippen molar-refractivity contribution < 1.29 is 5.11 Å². The zero-order chi connectivity index (χ0) is 15.5. The number of aryl methyl sites for hydroxylation is 1. The second kappa shape index (κ2) is 6.31. The van der Waals surface area contributed by atoms with E-state index < -0.39 is 0 Å². The van der Waals surface area contributed by atoms with Crippen molar-refractivity contribution in [2.45, 2.75) is 39.2 Å². The molecule has 0 saturated heterocycles. The maximum absolute atomic E-state index is 9.66. The number of nitrogens with one attached hydrogen (secondary N) is 1. The molecule has 2 aromatic rings. The molecule has 0 aliphatic rings. The van der Waals surface area contributed by atoms with Gasteiger partial charge in [0.15, 0.2) is 0 Å². The Hall–Kier alpha value is -1.80. The molecule has 0 heterocycles. The van der Waals surface area contributed by atoms with Crippen LogP contribution in [0.3, 0.4) is 0 Å². The molecular formula is C19H25NO. The standard InChI is InChI=1S/C19H25NO/c1-14-5-11-17(12-6-14)20-18(13-21)15-7-9-16(10-8-15)19(2,3)4/h5-12,18,20-21H,13H2,1-4H3. The van der Waals surface area contributed by atoms with Crippen molar-refractivity contribution in [2.24, 2.45) is 0 Å². The normalized spacial score (nSPS) is 13.0. The third-order valence-corrected chi connectivity index (χ3v) is 3.75. The van der Waals surface area contributed by atoms with Crippen molar-refractivity contribution in [3.63, 3.8) is 0 Å². The third kappa shape index (κ3) is 4.08. The van der Waals surface area contributed by atoms with Crippen LogP contribution < -0.4 is 5.32 Å². The zero-order valence-corrected chi connectivity index (χ0v) is 13.4. The van der Waals surface area contributed by atoms with Crippen LogP contribution >= 0.6 is 0 Å². The van der Waals surface area contributed by atoms with Crippen molar-refractivity contribution in [3.8, 4) is 0 Å². The van der Waals surface area contributed by atoms with Crippen LogP contribution in [0.1, 0.15) is 43.5 Å². The second-order valence-corrected chi connectivity index (χ2v) is 6.62. The van der Waals surface area contributed by atoms with E-state index >= 15 is 0 Å². The van der Waals surface area contributed by atoms with Crippen LogP contribution in [0.2, 0.25) is 0 Å². The highest BCUT2D eigenvalue weighted by Gasteiger charge is 2.15. The Morgan fingerprint density at radius 3 is 2.00 bits per heavy atom. The Labute approximate surface area is 127 Å². The number of anilines is 1. The molecule has 21 heavy (non-hydrogen) atoms. The average molecular weight is 283 g/mol. The van der Waals surface area contributed by atoms with E-state index in [-0.39, 0.29) is 18.1 Å². The van der Waals surface area contributed by atoms with Crippen LogP contribution in [-0.4, -0.2) is 11.7 Å². The maximum atomic E-state index is 9.66. The van der Waals surface area contributed by atoms with Gasteiger partial charge < -0.3 is 10.4 Å². The molecule has 2 rings (SSSR count). The van der Waals surface area contributed by atoms with Gasteiger partial charge in [0.05, 0.1) is 12.6 Å². The summed E-state index contributed by atoms with van der Waals surface area (Å²) >= 11 is 0. The molecule has 112 valence electrons.